The smallest absolute Gasteiger partial charge is 0.0184 e. The van der Waals surface area contributed by atoms with Gasteiger partial charge < -0.3 is 0 Å². The van der Waals surface area contributed by atoms with E-state index >= 15 is 0 Å². The van der Waals surface area contributed by atoms with E-state index in [1.165, 1.54) is 28.7 Å². The first-order chi connectivity index (χ1) is 11.1. The maximum Gasteiger partial charge on any atom is -0.0184 e. The summed E-state index contributed by atoms with van der Waals surface area (Å²) in [5, 5.41) is 0. The van der Waals surface area contributed by atoms with Gasteiger partial charge in [0.2, 0.25) is 0 Å². The van der Waals surface area contributed by atoms with E-state index in [1.807, 2.05) is 12.2 Å². The van der Waals surface area contributed by atoms with Crippen molar-refractivity contribution < 1.29 is 0 Å². The minimum Gasteiger partial charge on any atom is -0.0990 e. The Kier molecular flexibility index (Phi) is 8.46. The van der Waals surface area contributed by atoms with Crippen LogP contribution in [0.5, 0.6) is 0 Å². The Balaban J connectivity index is 0.000000277. The molecule has 0 fully saturated rings. The van der Waals surface area contributed by atoms with Gasteiger partial charge in [-0.1, -0.05) is 104 Å². The molecule has 0 nitrogen and oxygen atoms in total. The molecule has 0 radical (unpaired) electrons. The maximum absolute atomic E-state index is 3.80. The molecule has 0 bridgehead atoms. The van der Waals surface area contributed by atoms with Crippen LogP contribution in [0.2, 0.25) is 0 Å². The molecule has 0 atom stereocenters. The number of rotatable bonds is 5. The predicted octanol–water partition coefficient (Wildman–Crippen LogP) is 6.70. The Labute approximate surface area is 141 Å². The minimum atomic E-state index is 1.12. The third kappa shape index (κ3) is 6.97. The highest BCUT2D eigenvalue weighted by atomic mass is 14.0. The number of hydrogen-bond acceptors (Lipinski definition) is 0. The van der Waals surface area contributed by atoms with Gasteiger partial charge in [-0.05, 0) is 37.0 Å². The molecule has 0 aliphatic heterocycles. The third-order valence-electron chi connectivity index (χ3n) is 3.56. The quantitative estimate of drug-likeness (QED) is 0.539. The maximum atomic E-state index is 3.80. The van der Waals surface area contributed by atoms with Crippen LogP contribution in [-0.2, 0) is 6.42 Å². The summed E-state index contributed by atoms with van der Waals surface area (Å²) in [6.45, 7) is 13.9. The van der Waals surface area contributed by atoms with E-state index in [0.29, 0.717) is 0 Å². The topological polar surface area (TPSA) is 0 Å². The molecule has 0 aliphatic rings. The molecule has 23 heavy (non-hydrogen) atoms. The molecule has 0 N–H and O–H groups in total. The lowest BCUT2D eigenvalue weighted by Gasteiger charge is -2.03. The fourth-order valence-electron chi connectivity index (χ4n) is 2.20. The Hall–Kier alpha value is -2.34. The molecule has 0 heteroatoms. The van der Waals surface area contributed by atoms with Crippen LogP contribution in [0.25, 0.3) is 5.57 Å². The van der Waals surface area contributed by atoms with Gasteiger partial charge in [0, 0.05) is 0 Å². The van der Waals surface area contributed by atoms with Gasteiger partial charge in [-0.3, -0.25) is 0 Å². The summed E-state index contributed by atoms with van der Waals surface area (Å²) in [6.07, 6.45) is 7.96. The van der Waals surface area contributed by atoms with Crippen molar-refractivity contribution in [1.29, 1.82) is 0 Å². The second-order valence-corrected chi connectivity index (χ2v) is 5.66. The van der Waals surface area contributed by atoms with Crippen molar-refractivity contribution >= 4 is 5.57 Å². The van der Waals surface area contributed by atoms with Crippen LogP contribution in [0.1, 0.15) is 35.6 Å². The molecule has 0 amide bonds. The summed E-state index contributed by atoms with van der Waals surface area (Å²) in [7, 11) is 0. The van der Waals surface area contributed by atoms with E-state index in [1.54, 1.807) is 6.08 Å². The van der Waals surface area contributed by atoms with Gasteiger partial charge in [-0.25, -0.2) is 0 Å². The van der Waals surface area contributed by atoms with Gasteiger partial charge in [0.15, 0.2) is 0 Å². The molecule has 0 saturated heterocycles. The second kappa shape index (κ2) is 10.4. The van der Waals surface area contributed by atoms with E-state index in [2.05, 4.69) is 82.5 Å². The Morgan fingerprint density at radius 2 is 1.39 bits per heavy atom. The predicted molar refractivity (Wildman–Crippen MR) is 105 cm³/mol. The van der Waals surface area contributed by atoms with E-state index in [-0.39, 0.29) is 0 Å². The molecule has 0 unspecified atom stereocenters. The molecule has 120 valence electrons. The van der Waals surface area contributed by atoms with Crippen molar-refractivity contribution in [2.24, 2.45) is 0 Å². The van der Waals surface area contributed by atoms with Gasteiger partial charge in [0.25, 0.3) is 0 Å². The number of allylic oxidation sites excluding steroid dienone is 4. The van der Waals surface area contributed by atoms with Crippen LogP contribution in [-0.4, -0.2) is 0 Å². The zero-order valence-corrected chi connectivity index (χ0v) is 14.7. The van der Waals surface area contributed by atoms with Crippen LogP contribution in [0.3, 0.4) is 0 Å². The van der Waals surface area contributed by atoms with E-state index in [0.717, 1.165) is 12.0 Å². The van der Waals surface area contributed by atoms with Gasteiger partial charge in [-0.15, -0.1) is 0 Å². The van der Waals surface area contributed by atoms with Gasteiger partial charge in [-0.2, -0.15) is 0 Å². The molecule has 0 spiro atoms. The van der Waals surface area contributed by atoms with Gasteiger partial charge in [0.1, 0.15) is 0 Å². The first kappa shape index (κ1) is 18.7. The Morgan fingerprint density at radius 3 is 1.78 bits per heavy atom. The van der Waals surface area contributed by atoms with Crippen LogP contribution in [0.4, 0.5) is 0 Å². The first-order valence-electron chi connectivity index (χ1n) is 8.18. The Morgan fingerprint density at radius 1 is 0.870 bits per heavy atom. The monoisotopic (exact) mass is 304 g/mol. The number of hydrogen-bond donors (Lipinski definition) is 0. The van der Waals surface area contributed by atoms with Crippen molar-refractivity contribution in [2.75, 3.05) is 0 Å². The number of aryl methyl sites for hydroxylation is 3. The molecule has 0 aliphatic carbocycles. The minimum absolute atomic E-state index is 1.12. The van der Waals surface area contributed by atoms with Crippen molar-refractivity contribution in [3.63, 3.8) is 0 Å². The summed E-state index contributed by atoms with van der Waals surface area (Å²) in [4.78, 5) is 0. The molecule has 0 aromatic heterocycles. The zero-order chi connectivity index (χ0) is 17.1. The summed E-state index contributed by atoms with van der Waals surface area (Å²) in [5.74, 6) is 0. The summed E-state index contributed by atoms with van der Waals surface area (Å²) >= 11 is 0. The first-order valence-corrected chi connectivity index (χ1v) is 8.18. The average molecular weight is 304 g/mol. The summed E-state index contributed by atoms with van der Waals surface area (Å²) in [6, 6.07) is 17.1. The van der Waals surface area contributed by atoms with Crippen LogP contribution in [0.15, 0.2) is 79.9 Å². The standard InChI is InChI=1S/C15H18.C8H10/c1-4-7-13-9-11-15(12-10-13)14(6-3)8-5-2;1-7-3-5-8(2)6-4-7/h5-6,8-12H,2-4,7H2,1H3;3-6H,1-2H3/b14-8+;. The molecule has 2 aromatic rings. The van der Waals surface area contributed by atoms with Gasteiger partial charge in [0.05, 0.1) is 0 Å². The fourth-order valence-corrected chi connectivity index (χ4v) is 2.20. The van der Waals surface area contributed by atoms with E-state index < -0.39 is 0 Å². The van der Waals surface area contributed by atoms with Crippen LogP contribution < -0.4 is 0 Å². The van der Waals surface area contributed by atoms with Crippen LogP contribution >= 0.6 is 0 Å². The van der Waals surface area contributed by atoms with Crippen molar-refractivity contribution in [3.8, 4) is 0 Å². The zero-order valence-electron chi connectivity index (χ0n) is 14.7. The normalized spacial score (nSPS) is 10.5. The van der Waals surface area contributed by atoms with Gasteiger partial charge >= 0.3 is 0 Å². The number of benzene rings is 2. The fraction of sp³-hybridized carbons (Fsp3) is 0.217. The van der Waals surface area contributed by atoms with Crippen molar-refractivity contribution in [3.05, 3.63) is 102 Å². The van der Waals surface area contributed by atoms with Crippen molar-refractivity contribution in [2.45, 2.75) is 33.6 Å². The molecule has 2 rings (SSSR count). The summed E-state index contributed by atoms with van der Waals surface area (Å²) in [5.41, 5.74) is 6.37. The largest absolute Gasteiger partial charge is 0.0990 e. The highest BCUT2D eigenvalue weighted by Crippen LogP contribution is 2.16. The molecular formula is C23H28. The SMILES string of the molecule is C=C/C=C(\C=C)c1ccc(CCC)cc1.Cc1ccc(C)cc1. The lowest BCUT2D eigenvalue weighted by atomic mass is 10.0. The highest BCUT2D eigenvalue weighted by molar-refractivity contribution is 5.74. The van der Waals surface area contributed by atoms with E-state index in [4.69, 9.17) is 0 Å². The molecule has 2 aromatic carbocycles. The average Bonchev–Trinajstić information content (AvgIpc) is 2.57. The second-order valence-electron chi connectivity index (χ2n) is 5.66. The van der Waals surface area contributed by atoms with E-state index in [9.17, 15) is 0 Å². The van der Waals surface area contributed by atoms with Crippen LogP contribution in [0, 0.1) is 13.8 Å². The molecular weight excluding hydrogens is 276 g/mol. The third-order valence-corrected chi connectivity index (χ3v) is 3.56. The highest BCUT2D eigenvalue weighted by Gasteiger charge is 1.96. The summed E-state index contributed by atoms with van der Waals surface area (Å²) < 4.78 is 0. The lowest BCUT2D eigenvalue weighted by Crippen LogP contribution is -1.85. The Bertz CT molecular complexity index is 604. The van der Waals surface area contributed by atoms with Crippen molar-refractivity contribution in [1.82, 2.24) is 0 Å². The molecule has 0 heterocycles. The molecule has 0 saturated carbocycles. The lowest BCUT2D eigenvalue weighted by molar-refractivity contribution is 0.922.